The van der Waals surface area contributed by atoms with Crippen LogP contribution < -0.4 is 4.90 Å². The summed E-state index contributed by atoms with van der Waals surface area (Å²) in [7, 11) is 2.08. The van der Waals surface area contributed by atoms with Gasteiger partial charge in [0.15, 0.2) is 0 Å². The standard InChI is InChI=1S/C14H24ClN3/c1-5-7-8-10-18(4)14-11(3)13(15)16-12(17-14)9-6-2/h5-10H2,1-4H3. The number of unbranched alkanes of at least 4 members (excludes halogenated alkanes) is 2. The topological polar surface area (TPSA) is 29.0 Å². The quantitative estimate of drug-likeness (QED) is 0.553. The second-order valence-electron chi connectivity index (χ2n) is 4.76. The molecule has 4 heteroatoms. The summed E-state index contributed by atoms with van der Waals surface area (Å²) in [6, 6.07) is 0. The molecule has 0 aromatic carbocycles. The van der Waals surface area contributed by atoms with E-state index in [-0.39, 0.29) is 0 Å². The maximum Gasteiger partial charge on any atom is 0.137 e. The van der Waals surface area contributed by atoms with E-state index in [1.165, 1.54) is 19.3 Å². The van der Waals surface area contributed by atoms with Crippen LogP contribution in [-0.2, 0) is 6.42 Å². The zero-order chi connectivity index (χ0) is 13.5. The van der Waals surface area contributed by atoms with Crippen molar-refractivity contribution >= 4 is 17.4 Å². The lowest BCUT2D eigenvalue weighted by Crippen LogP contribution is -2.22. The molecule has 0 radical (unpaired) electrons. The Kier molecular flexibility index (Phi) is 6.41. The molecule has 0 aliphatic heterocycles. The third-order valence-electron chi connectivity index (χ3n) is 3.04. The van der Waals surface area contributed by atoms with Gasteiger partial charge in [-0.25, -0.2) is 9.97 Å². The minimum Gasteiger partial charge on any atom is -0.359 e. The fourth-order valence-corrected chi connectivity index (χ4v) is 2.11. The number of rotatable bonds is 7. The summed E-state index contributed by atoms with van der Waals surface area (Å²) < 4.78 is 0. The third kappa shape index (κ3) is 4.13. The molecule has 1 rings (SSSR count). The number of halogens is 1. The number of aryl methyl sites for hydroxylation is 1. The van der Waals surface area contributed by atoms with E-state index in [0.29, 0.717) is 5.15 Å². The Morgan fingerprint density at radius 2 is 1.83 bits per heavy atom. The van der Waals surface area contributed by atoms with Gasteiger partial charge in [0.2, 0.25) is 0 Å². The zero-order valence-corrected chi connectivity index (χ0v) is 12.7. The summed E-state index contributed by atoms with van der Waals surface area (Å²) in [5.41, 5.74) is 0.982. The predicted molar refractivity (Wildman–Crippen MR) is 78.6 cm³/mol. The highest BCUT2D eigenvalue weighted by Gasteiger charge is 2.12. The first-order valence-electron chi connectivity index (χ1n) is 6.84. The number of nitrogens with zero attached hydrogens (tertiary/aromatic N) is 3. The minimum atomic E-state index is 0.589. The van der Waals surface area contributed by atoms with Crippen LogP contribution in [0.4, 0.5) is 5.82 Å². The average molecular weight is 270 g/mol. The lowest BCUT2D eigenvalue weighted by atomic mass is 10.2. The van der Waals surface area contributed by atoms with Crippen molar-refractivity contribution in [3.05, 3.63) is 16.5 Å². The molecule has 0 fully saturated rings. The first-order valence-corrected chi connectivity index (χ1v) is 7.22. The van der Waals surface area contributed by atoms with Crippen molar-refractivity contribution in [2.45, 2.75) is 52.9 Å². The predicted octanol–water partition coefficient (Wildman–Crippen LogP) is 4.02. The van der Waals surface area contributed by atoms with Gasteiger partial charge in [0.1, 0.15) is 16.8 Å². The molecule has 0 atom stereocenters. The molecule has 0 spiro atoms. The van der Waals surface area contributed by atoms with Gasteiger partial charge < -0.3 is 4.90 Å². The zero-order valence-electron chi connectivity index (χ0n) is 12.0. The van der Waals surface area contributed by atoms with Crippen LogP contribution in [0.15, 0.2) is 0 Å². The fourth-order valence-electron chi connectivity index (χ4n) is 1.93. The van der Waals surface area contributed by atoms with Gasteiger partial charge in [-0.2, -0.15) is 0 Å². The van der Waals surface area contributed by atoms with Gasteiger partial charge in [0, 0.05) is 25.6 Å². The Morgan fingerprint density at radius 1 is 1.11 bits per heavy atom. The van der Waals surface area contributed by atoms with Crippen molar-refractivity contribution in [1.82, 2.24) is 9.97 Å². The fraction of sp³-hybridized carbons (Fsp3) is 0.714. The van der Waals surface area contributed by atoms with Crippen molar-refractivity contribution in [2.24, 2.45) is 0 Å². The third-order valence-corrected chi connectivity index (χ3v) is 3.41. The van der Waals surface area contributed by atoms with Crippen LogP contribution in [0.1, 0.15) is 50.9 Å². The van der Waals surface area contributed by atoms with Gasteiger partial charge in [-0.05, 0) is 19.8 Å². The molecular weight excluding hydrogens is 246 g/mol. The van der Waals surface area contributed by atoms with Gasteiger partial charge in [-0.15, -0.1) is 0 Å². The van der Waals surface area contributed by atoms with Crippen LogP contribution in [0, 0.1) is 6.92 Å². The molecular formula is C14H24ClN3. The van der Waals surface area contributed by atoms with Crippen LogP contribution in [0.2, 0.25) is 5.15 Å². The highest BCUT2D eigenvalue weighted by Crippen LogP contribution is 2.23. The van der Waals surface area contributed by atoms with E-state index in [1.807, 2.05) is 6.92 Å². The molecule has 1 heterocycles. The van der Waals surface area contributed by atoms with Gasteiger partial charge in [-0.3, -0.25) is 0 Å². The molecule has 0 saturated carbocycles. The summed E-state index contributed by atoms with van der Waals surface area (Å²) in [6.45, 7) is 7.35. The van der Waals surface area contributed by atoms with Gasteiger partial charge in [0.05, 0.1) is 0 Å². The lowest BCUT2D eigenvalue weighted by Gasteiger charge is -2.21. The van der Waals surface area contributed by atoms with Crippen LogP contribution in [0.3, 0.4) is 0 Å². The highest BCUT2D eigenvalue weighted by molar-refractivity contribution is 6.30. The Labute approximate surface area is 116 Å². The number of anilines is 1. The SMILES string of the molecule is CCCCCN(C)c1nc(CCC)nc(Cl)c1C. The van der Waals surface area contributed by atoms with Gasteiger partial charge in [-0.1, -0.05) is 38.3 Å². The van der Waals surface area contributed by atoms with Crippen LogP contribution in [-0.4, -0.2) is 23.6 Å². The maximum absolute atomic E-state index is 6.18. The van der Waals surface area contributed by atoms with Crippen molar-refractivity contribution in [3.8, 4) is 0 Å². The molecule has 0 aliphatic rings. The molecule has 0 amide bonds. The van der Waals surface area contributed by atoms with Gasteiger partial charge >= 0.3 is 0 Å². The number of hydrogen-bond donors (Lipinski definition) is 0. The molecule has 0 unspecified atom stereocenters. The molecule has 3 nitrogen and oxygen atoms in total. The summed E-state index contributed by atoms with van der Waals surface area (Å²) in [5, 5.41) is 0.589. The van der Waals surface area contributed by atoms with Crippen molar-refractivity contribution in [1.29, 1.82) is 0 Å². The molecule has 18 heavy (non-hydrogen) atoms. The van der Waals surface area contributed by atoms with E-state index >= 15 is 0 Å². The first kappa shape index (κ1) is 15.2. The smallest absolute Gasteiger partial charge is 0.137 e. The maximum atomic E-state index is 6.18. The van der Waals surface area contributed by atoms with Crippen LogP contribution >= 0.6 is 11.6 Å². The number of hydrogen-bond acceptors (Lipinski definition) is 3. The second kappa shape index (κ2) is 7.57. The molecule has 102 valence electrons. The Bertz CT molecular complexity index is 380. The first-order chi connectivity index (χ1) is 8.60. The average Bonchev–Trinajstić information content (AvgIpc) is 2.34. The molecule has 0 bridgehead atoms. The largest absolute Gasteiger partial charge is 0.359 e. The number of aromatic nitrogens is 2. The van der Waals surface area contributed by atoms with E-state index in [9.17, 15) is 0 Å². The van der Waals surface area contributed by atoms with Crippen molar-refractivity contribution in [3.63, 3.8) is 0 Å². The van der Waals surface area contributed by atoms with Crippen LogP contribution in [0.25, 0.3) is 0 Å². The van der Waals surface area contributed by atoms with E-state index in [0.717, 1.165) is 36.6 Å². The normalized spacial score (nSPS) is 10.7. The Morgan fingerprint density at radius 3 is 2.44 bits per heavy atom. The van der Waals surface area contributed by atoms with E-state index in [1.54, 1.807) is 0 Å². The Balaban J connectivity index is 2.84. The Hall–Kier alpha value is -0.830. The van der Waals surface area contributed by atoms with Crippen molar-refractivity contribution < 1.29 is 0 Å². The van der Waals surface area contributed by atoms with E-state index in [4.69, 9.17) is 11.6 Å². The highest BCUT2D eigenvalue weighted by atomic mass is 35.5. The molecule has 1 aromatic heterocycles. The monoisotopic (exact) mass is 269 g/mol. The van der Waals surface area contributed by atoms with E-state index < -0.39 is 0 Å². The van der Waals surface area contributed by atoms with Crippen LogP contribution in [0.5, 0.6) is 0 Å². The molecule has 0 saturated heterocycles. The van der Waals surface area contributed by atoms with Crippen molar-refractivity contribution in [2.75, 3.05) is 18.5 Å². The second-order valence-corrected chi connectivity index (χ2v) is 5.12. The minimum absolute atomic E-state index is 0.589. The molecule has 0 N–H and O–H groups in total. The van der Waals surface area contributed by atoms with E-state index in [2.05, 4.69) is 35.8 Å². The summed E-state index contributed by atoms with van der Waals surface area (Å²) in [4.78, 5) is 11.2. The molecule has 0 aliphatic carbocycles. The lowest BCUT2D eigenvalue weighted by molar-refractivity contribution is 0.696. The summed E-state index contributed by atoms with van der Waals surface area (Å²) in [5.74, 6) is 1.83. The van der Waals surface area contributed by atoms with Gasteiger partial charge in [0.25, 0.3) is 0 Å². The summed E-state index contributed by atoms with van der Waals surface area (Å²) >= 11 is 6.18. The molecule has 1 aromatic rings. The summed E-state index contributed by atoms with van der Waals surface area (Å²) in [6.07, 6.45) is 5.60.